The quantitative estimate of drug-likeness (QED) is 0.437. The highest BCUT2D eigenvalue weighted by Gasteiger charge is 2.48. The minimum Gasteiger partial charge on any atom is -0.293 e. The van der Waals surface area contributed by atoms with E-state index in [2.05, 4.69) is 11.3 Å². The van der Waals surface area contributed by atoms with Gasteiger partial charge in [-0.15, -0.1) is 0 Å². The predicted molar refractivity (Wildman–Crippen MR) is 101 cm³/mol. The summed E-state index contributed by atoms with van der Waals surface area (Å²) in [4.78, 5) is 0. The van der Waals surface area contributed by atoms with Crippen molar-refractivity contribution in [2.24, 2.45) is 11.3 Å². The van der Waals surface area contributed by atoms with Gasteiger partial charge in [-0.1, -0.05) is 39.0 Å². The van der Waals surface area contributed by atoms with Gasteiger partial charge in [0.05, 0.1) is 0 Å². The Bertz CT molecular complexity index is 1100. The summed E-state index contributed by atoms with van der Waals surface area (Å²) in [6.07, 6.45) is 0. The molecular weight excluding hydrogens is 528 g/mol. The van der Waals surface area contributed by atoms with Crippen molar-refractivity contribution in [2.75, 3.05) is 26.2 Å². The van der Waals surface area contributed by atoms with Gasteiger partial charge in [-0.2, -0.15) is 43.4 Å². The average Bonchev–Trinajstić information content (AvgIpc) is 2.52. The Morgan fingerprint density at radius 1 is 0.645 bits per heavy atom. The van der Waals surface area contributed by atoms with Crippen LogP contribution in [-0.2, 0) is 40.2 Å². The van der Waals surface area contributed by atoms with Crippen molar-refractivity contribution in [1.29, 1.82) is 0 Å². The van der Waals surface area contributed by atoms with E-state index in [-0.39, 0.29) is 0 Å². The fourth-order valence-corrected chi connectivity index (χ4v) is 9.13. The molecule has 0 radical (unpaired) electrons. The molecule has 0 rings (SSSR count). The number of halogens is 6. The second kappa shape index (κ2) is 10.0. The lowest BCUT2D eigenvalue weighted by Crippen LogP contribution is -2.36. The van der Waals surface area contributed by atoms with Gasteiger partial charge >= 0.3 is 21.0 Å². The number of hydrogen-bond acceptors (Lipinski definition) is 5. The molecule has 21 heteroatoms. The van der Waals surface area contributed by atoms with Gasteiger partial charge in [0.15, 0.2) is 0 Å². The first-order valence-corrected chi connectivity index (χ1v) is 13.9. The number of nitrogens with zero attached hydrogens (tertiary/aromatic N) is 5. The molecule has 0 aromatic rings. The van der Waals surface area contributed by atoms with E-state index in [1.165, 1.54) is 13.8 Å². The van der Waals surface area contributed by atoms with Gasteiger partial charge in [0.25, 0.3) is 10.0 Å². The standard InChI is InChI=1S/C10H21F6N5O6S4/c1-5-20(6-2)30(26,17-28(22,23)9(11,12)13)19-31(27,21(7-3)8-4)18-29(24,25)10(14,15)16/h5-8H2,1-4H3,(H,17,18,19,22,23,26,27). The molecule has 3 atom stereocenters. The molecule has 0 spiro atoms. The first kappa shape index (κ1) is 30.3. The van der Waals surface area contributed by atoms with Crippen LogP contribution in [0.5, 0.6) is 0 Å². The van der Waals surface area contributed by atoms with Gasteiger partial charge in [-0.3, -0.25) is 4.55 Å². The molecule has 0 aliphatic rings. The first-order chi connectivity index (χ1) is 13.7. The van der Waals surface area contributed by atoms with Gasteiger partial charge in [0.2, 0.25) is 20.2 Å². The summed E-state index contributed by atoms with van der Waals surface area (Å²) in [5.74, 6) is 0. The van der Waals surface area contributed by atoms with E-state index < -0.39 is 77.4 Å². The number of alkyl halides is 6. The van der Waals surface area contributed by atoms with Gasteiger partial charge in [0, 0.05) is 26.2 Å². The molecule has 0 bridgehead atoms. The lowest BCUT2D eigenvalue weighted by molar-refractivity contribution is -0.0468. The Balaban J connectivity index is 7.81. The van der Waals surface area contributed by atoms with Crippen molar-refractivity contribution in [1.82, 2.24) is 8.61 Å². The van der Waals surface area contributed by atoms with Crippen LogP contribution in [-0.4, -0.2) is 71.4 Å². The van der Waals surface area contributed by atoms with Crippen LogP contribution in [0.4, 0.5) is 26.3 Å². The zero-order valence-corrected chi connectivity index (χ0v) is 19.7. The highest BCUT2D eigenvalue weighted by Crippen LogP contribution is 2.30. The largest absolute Gasteiger partial charge is 0.519 e. The molecule has 188 valence electrons. The molecule has 3 unspecified atom stereocenters. The summed E-state index contributed by atoms with van der Waals surface area (Å²) < 4.78 is 155. The average molecular weight is 550 g/mol. The topological polar surface area (TPSA) is 149 Å². The van der Waals surface area contributed by atoms with Crippen molar-refractivity contribution in [3.8, 4) is 0 Å². The maximum absolute atomic E-state index is 13.1. The second-order valence-electron chi connectivity index (χ2n) is 5.25. The van der Waals surface area contributed by atoms with Gasteiger partial charge in [0.1, 0.15) is 0 Å². The molecule has 1 N–H and O–H groups in total. The molecule has 11 nitrogen and oxygen atoms in total. The molecule has 0 aliphatic carbocycles. The van der Waals surface area contributed by atoms with E-state index in [0.717, 1.165) is 13.8 Å². The monoisotopic (exact) mass is 549 g/mol. The normalized spacial score (nSPS) is 19.4. The van der Waals surface area contributed by atoms with Crippen LogP contribution in [0.3, 0.4) is 0 Å². The fraction of sp³-hybridized carbons (Fsp3) is 1.00. The Morgan fingerprint density at radius 3 is 1.23 bits per heavy atom. The van der Waals surface area contributed by atoms with Crippen molar-refractivity contribution >= 4 is 40.2 Å². The van der Waals surface area contributed by atoms with E-state index in [1.807, 2.05) is 0 Å². The molecule has 0 saturated carbocycles. The molecule has 0 aromatic carbocycles. The van der Waals surface area contributed by atoms with Crippen LogP contribution < -0.4 is 0 Å². The van der Waals surface area contributed by atoms with Crippen molar-refractivity contribution in [2.45, 2.75) is 38.7 Å². The molecular formula is C10H21F6N5O6S4. The van der Waals surface area contributed by atoms with E-state index in [0.29, 0.717) is 8.61 Å². The van der Waals surface area contributed by atoms with Crippen LogP contribution in [0.2, 0.25) is 0 Å². The van der Waals surface area contributed by atoms with Gasteiger partial charge in [-0.25, -0.2) is 12.6 Å². The first-order valence-electron chi connectivity index (χ1n) is 8.11. The van der Waals surface area contributed by atoms with E-state index in [4.69, 9.17) is 0 Å². The summed E-state index contributed by atoms with van der Waals surface area (Å²) in [6.45, 7) is 2.68. The minimum atomic E-state index is -6.53. The minimum absolute atomic E-state index is 0.377. The third-order valence-electron chi connectivity index (χ3n) is 3.27. The summed E-state index contributed by atoms with van der Waals surface area (Å²) >= 11 is 0. The second-order valence-corrected chi connectivity index (χ2v) is 12.8. The van der Waals surface area contributed by atoms with Crippen LogP contribution in [0.25, 0.3) is 0 Å². The van der Waals surface area contributed by atoms with Gasteiger partial charge in [-0.05, 0) is 0 Å². The molecule has 31 heavy (non-hydrogen) atoms. The molecule has 0 amide bonds. The fourth-order valence-electron chi connectivity index (χ4n) is 1.81. The molecule has 0 fully saturated rings. The lowest BCUT2D eigenvalue weighted by atomic mass is 10.7. The van der Waals surface area contributed by atoms with Crippen molar-refractivity contribution < 1.29 is 51.9 Å². The van der Waals surface area contributed by atoms with Gasteiger partial charge < -0.3 is 0 Å². The maximum atomic E-state index is 13.1. The van der Waals surface area contributed by atoms with E-state index in [9.17, 15) is 51.9 Å². The Labute approximate surface area is 177 Å². The number of sulfonamides is 1. The van der Waals surface area contributed by atoms with E-state index in [1.54, 1.807) is 0 Å². The lowest BCUT2D eigenvalue weighted by Gasteiger charge is -2.24. The Kier molecular flexibility index (Phi) is 9.79. The highest BCUT2D eigenvalue weighted by molar-refractivity contribution is 8.08. The molecule has 0 aromatic heterocycles. The highest BCUT2D eigenvalue weighted by atomic mass is 32.3. The zero-order valence-electron chi connectivity index (χ0n) is 16.5. The zero-order chi connectivity index (χ0) is 25.1. The van der Waals surface area contributed by atoms with Crippen LogP contribution >= 0.6 is 0 Å². The maximum Gasteiger partial charge on any atom is 0.519 e. The van der Waals surface area contributed by atoms with Crippen LogP contribution in [0.1, 0.15) is 27.7 Å². The van der Waals surface area contributed by atoms with Crippen LogP contribution in [0.15, 0.2) is 11.3 Å². The Hall–Kier alpha value is -0.740. The Morgan fingerprint density at radius 2 is 0.968 bits per heavy atom. The van der Waals surface area contributed by atoms with Crippen molar-refractivity contribution in [3.63, 3.8) is 0 Å². The van der Waals surface area contributed by atoms with E-state index >= 15 is 0 Å². The van der Waals surface area contributed by atoms with Crippen molar-refractivity contribution in [3.05, 3.63) is 0 Å². The number of rotatable bonds is 9. The summed E-state index contributed by atoms with van der Waals surface area (Å²) in [7, 11) is -23.3. The predicted octanol–water partition coefficient (Wildman–Crippen LogP) is 2.58. The number of hydrogen-bond donors (Lipinski definition) is 1. The molecule has 0 saturated heterocycles. The summed E-state index contributed by atoms with van der Waals surface area (Å²) in [5, 5.41) is 0. The molecule has 0 aliphatic heterocycles. The third-order valence-corrected chi connectivity index (χ3v) is 11.5. The van der Waals surface area contributed by atoms with Crippen LogP contribution in [0, 0.1) is 0 Å². The smallest absolute Gasteiger partial charge is 0.293 e. The SMILES string of the molecule is CCN(CC)S(=O)(=NS(=O)(=O)C(F)(F)F)N=S(=O)(N=S(=O)(O)C(F)(F)F)N(CC)CC. The third kappa shape index (κ3) is 7.12. The molecule has 0 heterocycles. The summed E-state index contributed by atoms with van der Waals surface area (Å²) in [6, 6.07) is 0. The summed E-state index contributed by atoms with van der Waals surface area (Å²) in [5.41, 5.74) is -12.0.